The normalized spacial score (nSPS) is 19.0. The van der Waals surface area contributed by atoms with Crippen LogP contribution in [-0.4, -0.2) is 32.4 Å². The van der Waals surface area contributed by atoms with E-state index >= 15 is 0 Å². The Balaban J connectivity index is 1.66. The lowest BCUT2D eigenvalue weighted by Gasteiger charge is -2.32. The van der Waals surface area contributed by atoms with E-state index in [1.54, 1.807) is 17.4 Å². The molecule has 0 saturated carbocycles. The average Bonchev–Trinajstić information content (AvgIpc) is 2.96. The number of nitrogens with one attached hydrogen (secondary N) is 1. The number of halogens is 1. The van der Waals surface area contributed by atoms with Gasteiger partial charge in [0.05, 0.1) is 0 Å². The van der Waals surface area contributed by atoms with Crippen molar-refractivity contribution in [3.05, 3.63) is 28.1 Å². The average molecular weight is 352 g/mol. The molecule has 0 aromatic carbocycles. The molecule has 0 radical (unpaired) electrons. The molecule has 1 saturated heterocycles. The van der Waals surface area contributed by atoms with Crippen LogP contribution >= 0.6 is 22.9 Å². The molecule has 1 fully saturated rings. The molecule has 1 N–H and O–H groups in total. The van der Waals surface area contributed by atoms with Gasteiger partial charge in [0, 0.05) is 36.1 Å². The Labute approximate surface area is 146 Å². The van der Waals surface area contributed by atoms with E-state index in [1.807, 2.05) is 13.1 Å². The molecular formula is C16H22ClN5S. The van der Waals surface area contributed by atoms with Crippen molar-refractivity contribution in [1.29, 1.82) is 0 Å². The summed E-state index contributed by atoms with van der Waals surface area (Å²) in [6.07, 6.45) is 6.65. The van der Waals surface area contributed by atoms with Gasteiger partial charge in [0.15, 0.2) is 5.13 Å². The fourth-order valence-corrected chi connectivity index (χ4v) is 3.87. The first-order valence-corrected chi connectivity index (χ1v) is 9.32. The molecule has 7 heteroatoms. The first kappa shape index (κ1) is 16.6. The smallest absolute Gasteiger partial charge is 0.188 e. The van der Waals surface area contributed by atoms with Crippen molar-refractivity contribution < 1.29 is 0 Å². The number of rotatable bonds is 5. The second-order valence-corrected chi connectivity index (χ2v) is 7.42. The first-order chi connectivity index (χ1) is 11.1. The lowest BCUT2D eigenvalue weighted by Crippen LogP contribution is -2.36. The van der Waals surface area contributed by atoms with Gasteiger partial charge in [-0.1, -0.05) is 24.9 Å². The van der Waals surface area contributed by atoms with Crippen molar-refractivity contribution in [3.8, 4) is 0 Å². The molecule has 0 aliphatic carbocycles. The Hall–Kier alpha value is -1.24. The Bertz CT molecular complexity index is 660. The van der Waals surface area contributed by atoms with Crippen LogP contribution in [0.3, 0.4) is 0 Å². The van der Waals surface area contributed by atoms with E-state index in [0.29, 0.717) is 17.0 Å². The summed E-state index contributed by atoms with van der Waals surface area (Å²) in [5.41, 5.74) is 0. The van der Waals surface area contributed by atoms with Crippen molar-refractivity contribution in [2.75, 3.05) is 11.9 Å². The van der Waals surface area contributed by atoms with Crippen molar-refractivity contribution >= 4 is 33.9 Å². The van der Waals surface area contributed by atoms with Crippen LogP contribution in [0.1, 0.15) is 43.8 Å². The maximum Gasteiger partial charge on any atom is 0.188 e. The first-order valence-electron chi connectivity index (χ1n) is 8.13. The number of likely N-dealkylation sites (tertiary alicyclic amines) is 1. The molecule has 2 aromatic heterocycles. The van der Waals surface area contributed by atoms with Gasteiger partial charge in [0.2, 0.25) is 0 Å². The molecule has 23 heavy (non-hydrogen) atoms. The van der Waals surface area contributed by atoms with Crippen LogP contribution in [0, 0.1) is 0 Å². The van der Waals surface area contributed by atoms with Gasteiger partial charge in [-0.05, 0) is 26.3 Å². The third kappa shape index (κ3) is 4.40. The van der Waals surface area contributed by atoms with Crippen molar-refractivity contribution in [1.82, 2.24) is 19.9 Å². The molecule has 5 nitrogen and oxygen atoms in total. The largest absolute Gasteiger partial charge is 0.316 e. The Morgan fingerprint density at radius 2 is 2.26 bits per heavy atom. The van der Waals surface area contributed by atoms with Gasteiger partial charge in [0.25, 0.3) is 0 Å². The second kappa shape index (κ2) is 7.55. The fraction of sp³-hybridized carbons (Fsp3) is 0.562. The van der Waals surface area contributed by atoms with E-state index in [0.717, 1.165) is 23.9 Å². The van der Waals surface area contributed by atoms with Crippen LogP contribution in [-0.2, 0) is 13.0 Å². The van der Waals surface area contributed by atoms with Gasteiger partial charge in [-0.25, -0.2) is 15.0 Å². The Morgan fingerprint density at radius 1 is 1.39 bits per heavy atom. The number of aromatic nitrogens is 3. The van der Waals surface area contributed by atoms with Gasteiger partial charge in [0.1, 0.15) is 16.8 Å². The lowest BCUT2D eigenvalue weighted by molar-refractivity contribution is 0.154. The highest BCUT2D eigenvalue weighted by atomic mass is 35.5. The van der Waals surface area contributed by atoms with Gasteiger partial charge in [-0.2, -0.15) is 0 Å². The van der Waals surface area contributed by atoms with Crippen molar-refractivity contribution in [2.24, 2.45) is 0 Å². The highest BCUT2D eigenvalue weighted by Crippen LogP contribution is 2.26. The molecule has 0 bridgehead atoms. The van der Waals surface area contributed by atoms with Gasteiger partial charge in [-0.15, -0.1) is 11.3 Å². The highest BCUT2D eigenvalue weighted by molar-refractivity contribution is 7.15. The summed E-state index contributed by atoms with van der Waals surface area (Å²) in [5, 5.41) is 4.55. The summed E-state index contributed by atoms with van der Waals surface area (Å²) >= 11 is 7.71. The monoisotopic (exact) mass is 351 g/mol. The SMILES string of the molecule is CCc1nc(Cl)cc(Nc2ncc(CN3CCCCC3C)s2)n1. The summed E-state index contributed by atoms with van der Waals surface area (Å²) < 4.78 is 0. The van der Waals surface area contributed by atoms with Gasteiger partial charge in [-0.3, -0.25) is 4.90 Å². The molecule has 1 unspecified atom stereocenters. The minimum absolute atomic E-state index is 0.457. The van der Waals surface area contributed by atoms with Crippen LogP contribution in [0.15, 0.2) is 12.3 Å². The van der Waals surface area contributed by atoms with E-state index in [2.05, 4.69) is 32.1 Å². The minimum Gasteiger partial charge on any atom is -0.316 e. The topological polar surface area (TPSA) is 53.9 Å². The molecule has 1 atom stereocenters. The molecule has 1 aliphatic rings. The van der Waals surface area contributed by atoms with E-state index in [1.165, 1.54) is 30.7 Å². The number of aryl methyl sites for hydroxylation is 1. The number of thiazole rings is 1. The number of piperidine rings is 1. The summed E-state index contributed by atoms with van der Waals surface area (Å²) in [5.74, 6) is 1.44. The number of hydrogen-bond acceptors (Lipinski definition) is 6. The molecule has 3 rings (SSSR count). The van der Waals surface area contributed by atoms with E-state index < -0.39 is 0 Å². The van der Waals surface area contributed by atoms with E-state index in [9.17, 15) is 0 Å². The second-order valence-electron chi connectivity index (χ2n) is 5.92. The highest BCUT2D eigenvalue weighted by Gasteiger charge is 2.19. The lowest BCUT2D eigenvalue weighted by atomic mass is 10.0. The van der Waals surface area contributed by atoms with Crippen molar-refractivity contribution in [3.63, 3.8) is 0 Å². The molecule has 124 valence electrons. The Kier molecular flexibility index (Phi) is 5.46. The molecule has 3 heterocycles. The molecular weight excluding hydrogens is 330 g/mol. The molecule has 1 aliphatic heterocycles. The molecule has 0 amide bonds. The van der Waals surface area contributed by atoms with Crippen LogP contribution in [0.25, 0.3) is 0 Å². The third-order valence-corrected chi connectivity index (χ3v) is 5.24. The van der Waals surface area contributed by atoms with Gasteiger partial charge >= 0.3 is 0 Å². The maximum atomic E-state index is 6.03. The van der Waals surface area contributed by atoms with Crippen LogP contribution in [0.5, 0.6) is 0 Å². The quantitative estimate of drug-likeness (QED) is 0.815. The minimum atomic E-state index is 0.457. The standard InChI is InChI=1S/C16H22ClN5S/c1-3-14-19-13(17)8-15(20-14)21-16-18-9-12(23-16)10-22-7-5-4-6-11(22)2/h8-9,11H,3-7,10H2,1-2H3,(H,18,19,20,21). The van der Waals surface area contributed by atoms with Gasteiger partial charge < -0.3 is 5.32 Å². The van der Waals surface area contributed by atoms with Crippen LogP contribution in [0.4, 0.5) is 10.9 Å². The van der Waals surface area contributed by atoms with Crippen LogP contribution < -0.4 is 5.32 Å². The molecule has 2 aromatic rings. The zero-order valence-corrected chi connectivity index (χ0v) is 15.1. The number of hydrogen-bond donors (Lipinski definition) is 1. The fourth-order valence-electron chi connectivity index (χ4n) is 2.83. The Morgan fingerprint density at radius 3 is 3.04 bits per heavy atom. The summed E-state index contributed by atoms with van der Waals surface area (Å²) in [6, 6.07) is 2.39. The molecule has 0 spiro atoms. The zero-order chi connectivity index (χ0) is 16.2. The maximum absolute atomic E-state index is 6.03. The summed E-state index contributed by atoms with van der Waals surface area (Å²) in [6.45, 7) is 6.49. The summed E-state index contributed by atoms with van der Waals surface area (Å²) in [4.78, 5) is 16.9. The number of anilines is 2. The number of nitrogens with zero attached hydrogens (tertiary/aromatic N) is 4. The van der Waals surface area contributed by atoms with Crippen LogP contribution in [0.2, 0.25) is 5.15 Å². The van der Waals surface area contributed by atoms with Crippen molar-refractivity contribution in [2.45, 2.75) is 52.1 Å². The third-order valence-electron chi connectivity index (χ3n) is 4.15. The zero-order valence-electron chi connectivity index (χ0n) is 13.5. The van der Waals surface area contributed by atoms with E-state index in [4.69, 9.17) is 11.6 Å². The predicted molar refractivity (Wildman–Crippen MR) is 95.5 cm³/mol. The van der Waals surface area contributed by atoms with E-state index in [-0.39, 0.29) is 0 Å². The summed E-state index contributed by atoms with van der Waals surface area (Å²) in [7, 11) is 0. The predicted octanol–water partition coefficient (Wildman–Crippen LogP) is 4.27.